The van der Waals surface area contributed by atoms with Crippen LogP contribution in [0.2, 0.25) is 0 Å². The fourth-order valence-corrected chi connectivity index (χ4v) is 2.54. The molecule has 0 unspecified atom stereocenters. The second-order valence-electron chi connectivity index (χ2n) is 3.24. The van der Waals surface area contributed by atoms with E-state index in [-0.39, 0.29) is 0 Å². The van der Waals surface area contributed by atoms with E-state index < -0.39 is 12.7 Å². The number of aromatic nitrogens is 2. The third-order valence-corrected chi connectivity index (χ3v) is 3.33. The van der Waals surface area contributed by atoms with Crippen molar-refractivity contribution in [3.63, 3.8) is 0 Å². The molecule has 0 amide bonds. The zero-order chi connectivity index (χ0) is 11.9. The molecule has 16 heavy (non-hydrogen) atoms. The lowest BCUT2D eigenvalue weighted by atomic mass is 10.3. The minimum Gasteiger partial charge on any atom is -0.336 e. The number of pyridine rings is 1. The van der Waals surface area contributed by atoms with Crippen molar-refractivity contribution in [2.24, 2.45) is 0 Å². The maximum atomic E-state index is 12.3. The van der Waals surface area contributed by atoms with Crippen LogP contribution in [0.3, 0.4) is 0 Å². The maximum absolute atomic E-state index is 12.3. The number of nitrogens with zero attached hydrogens (tertiary/aromatic N) is 2. The standard InChI is InChI=1S/C9H5BrF3IN2/c10-8-1-5-6(14)3-16(4-9(11,12)13)7(5)2-15-8/h1-3H,4H2. The molecule has 0 radical (unpaired) electrons. The molecule has 0 bridgehead atoms. The molecule has 2 heterocycles. The molecular formula is C9H5BrF3IN2. The summed E-state index contributed by atoms with van der Waals surface area (Å²) in [6.45, 7) is -0.990. The van der Waals surface area contributed by atoms with E-state index in [4.69, 9.17) is 0 Å². The highest BCUT2D eigenvalue weighted by Crippen LogP contribution is 2.27. The van der Waals surface area contributed by atoms with Crippen LogP contribution >= 0.6 is 38.5 Å². The SMILES string of the molecule is FC(F)(F)Cn1cc(I)c2cc(Br)ncc21. The number of hydrogen-bond acceptors (Lipinski definition) is 1. The highest BCUT2D eigenvalue weighted by atomic mass is 127. The van der Waals surface area contributed by atoms with Gasteiger partial charge in [-0.05, 0) is 44.6 Å². The van der Waals surface area contributed by atoms with E-state index in [1.54, 1.807) is 6.07 Å². The largest absolute Gasteiger partial charge is 0.406 e. The lowest BCUT2D eigenvalue weighted by Crippen LogP contribution is -2.16. The van der Waals surface area contributed by atoms with E-state index in [1.807, 2.05) is 22.6 Å². The molecule has 2 nitrogen and oxygen atoms in total. The minimum atomic E-state index is -4.22. The van der Waals surface area contributed by atoms with Crippen LogP contribution in [0.5, 0.6) is 0 Å². The maximum Gasteiger partial charge on any atom is 0.406 e. The van der Waals surface area contributed by atoms with Gasteiger partial charge in [-0.3, -0.25) is 0 Å². The molecule has 2 rings (SSSR count). The fourth-order valence-electron chi connectivity index (χ4n) is 1.44. The fraction of sp³-hybridized carbons (Fsp3) is 0.222. The smallest absolute Gasteiger partial charge is 0.336 e. The summed E-state index contributed by atoms with van der Waals surface area (Å²) >= 11 is 5.20. The van der Waals surface area contributed by atoms with Gasteiger partial charge in [-0.25, -0.2) is 4.98 Å². The third kappa shape index (κ3) is 2.50. The normalized spacial score (nSPS) is 12.3. The average Bonchev–Trinajstić information content (AvgIpc) is 2.40. The Hall–Kier alpha value is -0.310. The zero-order valence-corrected chi connectivity index (χ0v) is 11.5. The number of alkyl halides is 3. The molecule has 7 heteroatoms. The van der Waals surface area contributed by atoms with Crippen LogP contribution in [-0.2, 0) is 6.54 Å². The summed E-state index contributed by atoms with van der Waals surface area (Å²) in [4.78, 5) is 3.94. The molecular weight excluding hydrogens is 400 g/mol. The van der Waals surface area contributed by atoms with Crippen molar-refractivity contribution in [1.82, 2.24) is 9.55 Å². The number of hydrogen-bond donors (Lipinski definition) is 0. The van der Waals surface area contributed by atoms with Crippen molar-refractivity contribution >= 4 is 49.4 Å². The molecule has 0 N–H and O–H groups in total. The second-order valence-corrected chi connectivity index (χ2v) is 5.22. The Bertz CT molecular complexity index is 535. The number of rotatable bonds is 1. The first-order valence-corrected chi connectivity index (χ1v) is 6.10. The van der Waals surface area contributed by atoms with Gasteiger partial charge in [0, 0.05) is 15.2 Å². The predicted octanol–water partition coefficient (Wildman–Crippen LogP) is 3.97. The summed E-state index contributed by atoms with van der Waals surface area (Å²) in [6, 6.07) is 1.71. The lowest BCUT2D eigenvalue weighted by molar-refractivity contribution is -0.139. The molecule has 2 aromatic rings. The van der Waals surface area contributed by atoms with Crippen molar-refractivity contribution in [2.75, 3.05) is 0 Å². The monoisotopic (exact) mass is 404 g/mol. The Labute approximate surface area is 111 Å². The first-order chi connectivity index (χ1) is 7.37. The summed E-state index contributed by atoms with van der Waals surface area (Å²) in [5.74, 6) is 0. The van der Waals surface area contributed by atoms with Crippen molar-refractivity contribution in [3.8, 4) is 0 Å². The Morgan fingerprint density at radius 1 is 1.44 bits per heavy atom. The van der Waals surface area contributed by atoms with Crippen LogP contribution < -0.4 is 0 Å². The third-order valence-electron chi connectivity index (χ3n) is 2.04. The van der Waals surface area contributed by atoms with Gasteiger partial charge in [0.15, 0.2) is 0 Å². The highest BCUT2D eigenvalue weighted by molar-refractivity contribution is 14.1. The summed E-state index contributed by atoms with van der Waals surface area (Å²) in [5.41, 5.74) is 0.491. The molecule has 0 fully saturated rings. The molecule has 0 aliphatic carbocycles. The molecule has 0 spiro atoms. The van der Waals surface area contributed by atoms with Crippen LogP contribution in [0.25, 0.3) is 10.9 Å². The van der Waals surface area contributed by atoms with Gasteiger partial charge in [-0.1, -0.05) is 0 Å². The highest BCUT2D eigenvalue weighted by Gasteiger charge is 2.28. The van der Waals surface area contributed by atoms with Crippen LogP contribution in [0.4, 0.5) is 13.2 Å². The van der Waals surface area contributed by atoms with Gasteiger partial charge >= 0.3 is 6.18 Å². The summed E-state index contributed by atoms with van der Waals surface area (Å²) in [7, 11) is 0. The van der Waals surface area contributed by atoms with Crippen LogP contribution in [0.1, 0.15) is 0 Å². The predicted molar refractivity (Wildman–Crippen MR) is 66.2 cm³/mol. The van der Waals surface area contributed by atoms with Crippen LogP contribution in [0.15, 0.2) is 23.1 Å². The van der Waals surface area contributed by atoms with Crippen LogP contribution in [-0.4, -0.2) is 15.7 Å². The van der Waals surface area contributed by atoms with Crippen molar-refractivity contribution in [2.45, 2.75) is 12.7 Å². The van der Waals surface area contributed by atoms with Crippen molar-refractivity contribution in [3.05, 3.63) is 26.6 Å². The quantitative estimate of drug-likeness (QED) is 0.519. The van der Waals surface area contributed by atoms with E-state index in [2.05, 4.69) is 20.9 Å². The Kier molecular flexibility index (Phi) is 3.17. The van der Waals surface area contributed by atoms with Gasteiger partial charge in [0.1, 0.15) is 11.1 Å². The topological polar surface area (TPSA) is 17.8 Å². The van der Waals surface area contributed by atoms with E-state index in [0.717, 1.165) is 13.5 Å². The first kappa shape index (κ1) is 12.2. The van der Waals surface area contributed by atoms with Crippen molar-refractivity contribution < 1.29 is 13.2 Å². The summed E-state index contributed by atoms with van der Waals surface area (Å²) in [6.07, 6.45) is -1.30. The van der Waals surface area contributed by atoms with Crippen LogP contribution in [0, 0.1) is 3.57 Å². The summed E-state index contributed by atoms with van der Waals surface area (Å²) in [5, 5.41) is 0.770. The Morgan fingerprint density at radius 3 is 2.75 bits per heavy atom. The van der Waals surface area contributed by atoms with Gasteiger partial charge < -0.3 is 4.57 Å². The number of halogens is 5. The average molecular weight is 405 g/mol. The summed E-state index contributed by atoms with van der Waals surface area (Å²) < 4.78 is 39.5. The van der Waals surface area contributed by atoms with Gasteiger partial charge in [0.05, 0.1) is 11.7 Å². The van der Waals surface area contributed by atoms with Crippen molar-refractivity contribution in [1.29, 1.82) is 0 Å². The molecule has 0 saturated carbocycles. The minimum absolute atomic E-state index is 0.491. The van der Waals surface area contributed by atoms with E-state index in [9.17, 15) is 13.2 Å². The zero-order valence-electron chi connectivity index (χ0n) is 7.72. The second kappa shape index (κ2) is 4.17. The van der Waals surface area contributed by atoms with Gasteiger partial charge in [0.25, 0.3) is 0 Å². The van der Waals surface area contributed by atoms with Gasteiger partial charge in [-0.15, -0.1) is 0 Å². The van der Waals surface area contributed by atoms with E-state index >= 15 is 0 Å². The Balaban J connectivity index is 2.55. The number of fused-ring (bicyclic) bond motifs is 1. The van der Waals surface area contributed by atoms with Gasteiger partial charge in [0.2, 0.25) is 0 Å². The van der Waals surface area contributed by atoms with E-state index in [0.29, 0.717) is 10.1 Å². The molecule has 86 valence electrons. The Morgan fingerprint density at radius 2 is 2.12 bits per heavy atom. The molecule has 0 aliphatic rings. The lowest BCUT2D eigenvalue weighted by Gasteiger charge is -2.08. The molecule has 0 aliphatic heterocycles. The molecule has 2 aromatic heterocycles. The first-order valence-electron chi connectivity index (χ1n) is 4.23. The molecule has 0 aromatic carbocycles. The van der Waals surface area contributed by atoms with Gasteiger partial charge in [-0.2, -0.15) is 13.2 Å². The molecule has 0 saturated heterocycles. The van der Waals surface area contributed by atoms with E-state index in [1.165, 1.54) is 12.4 Å². The molecule has 0 atom stereocenters.